The third-order valence-electron chi connectivity index (χ3n) is 1.96. The zero-order chi connectivity index (χ0) is 10.9. The van der Waals surface area contributed by atoms with E-state index in [2.05, 4.69) is 27.0 Å². The monoisotopic (exact) mass is 254 g/mol. The van der Waals surface area contributed by atoms with Gasteiger partial charge in [0.25, 0.3) is 0 Å². The molecule has 0 radical (unpaired) electrons. The van der Waals surface area contributed by atoms with Crippen LogP contribution in [0.25, 0.3) is 0 Å². The topological polar surface area (TPSA) is 65.9 Å². The number of hydrogen-bond donors (Lipinski definition) is 1. The van der Waals surface area contributed by atoms with Crippen LogP contribution in [0.15, 0.2) is 4.47 Å². The fraction of sp³-hybridized carbons (Fsp3) is 0.333. The van der Waals surface area contributed by atoms with Gasteiger partial charge in [-0.1, -0.05) is 0 Å². The number of nitrogens with two attached hydrogens (primary N) is 1. The maximum absolute atomic E-state index is 8.97. The number of hydrogen-bond acceptors (Lipinski definition) is 4. The van der Waals surface area contributed by atoms with Gasteiger partial charge in [0.15, 0.2) is 5.82 Å². The average Bonchev–Trinajstić information content (AvgIpc) is 2.13. The number of nitriles is 1. The van der Waals surface area contributed by atoms with Gasteiger partial charge in [0.05, 0.1) is 11.3 Å². The van der Waals surface area contributed by atoms with Gasteiger partial charge in [-0.15, -0.1) is 0 Å². The normalized spacial score (nSPS) is 9.71. The molecule has 74 valence electrons. The van der Waals surface area contributed by atoms with Gasteiger partial charge < -0.3 is 0 Å². The summed E-state index contributed by atoms with van der Waals surface area (Å²) in [6.07, 6.45) is 0. The summed E-state index contributed by atoms with van der Waals surface area (Å²) in [6, 6.07) is 2.10. The molecular weight excluding hydrogens is 244 g/mol. The summed E-state index contributed by atoms with van der Waals surface area (Å²) in [5.41, 5.74) is 2.20. The van der Waals surface area contributed by atoms with Crippen molar-refractivity contribution in [2.75, 3.05) is 12.1 Å². The van der Waals surface area contributed by atoms with E-state index in [9.17, 15) is 0 Å². The van der Waals surface area contributed by atoms with E-state index in [0.29, 0.717) is 11.4 Å². The molecule has 0 aliphatic heterocycles. The molecule has 4 nitrogen and oxygen atoms in total. The van der Waals surface area contributed by atoms with Crippen LogP contribution in [-0.4, -0.2) is 12.0 Å². The van der Waals surface area contributed by atoms with Gasteiger partial charge in [-0.2, -0.15) is 5.26 Å². The lowest BCUT2D eigenvalue weighted by Crippen LogP contribution is -2.27. The number of aryl methyl sites for hydroxylation is 1. The molecule has 1 heterocycles. The molecule has 0 aromatic carbocycles. The maximum atomic E-state index is 8.97. The Kier molecular flexibility index (Phi) is 3.09. The highest BCUT2D eigenvalue weighted by atomic mass is 79.9. The van der Waals surface area contributed by atoms with Gasteiger partial charge >= 0.3 is 0 Å². The van der Waals surface area contributed by atoms with Gasteiger partial charge in [0.2, 0.25) is 0 Å². The summed E-state index contributed by atoms with van der Waals surface area (Å²) in [5.74, 6) is 6.09. The van der Waals surface area contributed by atoms with E-state index < -0.39 is 0 Å². The van der Waals surface area contributed by atoms with Crippen molar-refractivity contribution in [1.82, 2.24) is 4.98 Å². The minimum Gasteiger partial charge on any atom is -0.297 e. The third kappa shape index (κ3) is 1.72. The summed E-state index contributed by atoms with van der Waals surface area (Å²) >= 11 is 3.38. The number of aromatic nitrogens is 1. The lowest BCUT2D eigenvalue weighted by molar-refractivity contribution is 0.952. The lowest BCUT2D eigenvalue weighted by atomic mass is 10.1. The van der Waals surface area contributed by atoms with E-state index in [-0.39, 0.29) is 0 Å². The molecule has 1 rings (SSSR count). The molecule has 0 amide bonds. The summed E-state index contributed by atoms with van der Waals surface area (Å²) in [6.45, 7) is 3.73. The van der Waals surface area contributed by atoms with Crippen molar-refractivity contribution in [3.05, 3.63) is 21.3 Å². The molecule has 0 spiro atoms. The first-order valence-corrected chi connectivity index (χ1v) is 4.83. The predicted octanol–water partition coefficient (Wildman–Crippen LogP) is 1.64. The first-order valence-electron chi connectivity index (χ1n) is 4.04. The third-order valence-corrected chi connectivity index (χ3v) is 3.13. The summed E-state index contributed by atoms with van der Waals surface area (Å²) in [5, 5.41) is 10.3. The van der Waals surface area contributed by atoms with Crippen LogP contribution in [0.2, 0.25) is 0 Å². The molecule has 0 atom stereocenters. The quantitative estimate of drug-likeness (QED) is 0.612. The molecular formula is C9H11BrN4. The minimum atomic E-state index is 0.505. The van der Waals surface area contributed by atoms with Crippen LogP contribution >= 0.6 is 15.9 Å². The van der Waals surface area contributed by atoms with E-state index in [4.69, 9.17) is 11.1 Å². The highest BCUT2D eigenvalue weighted by Gasteiger charge is 2.14. The van der Waals surface area contributed by atoms with E-state index >= 15 is 0 Å². The Morgan fingerprint density at radius 3 is 2.50 bits per heavy atom. The smallest absolute Gasteiger partial charge is 0.160 e. The zero-order valence-electron chi connectivity index (χ0n) is 8.30. The minimum absolute atomic E-state index is 0.505. The van der Waals surface area contributed by atoms with Crippen molar-refractivity contribution in [3.63, 3.8) is 0 Å². The Hall–Kier alpha value is -1.12. The van der Waals surface area contributed by atoms with Crippen molar-refractivity contribution in [2.24, 2.45) is 5.84 Å². The predicted molar refractivity (Wildman–Crippen MR) is 58.7 cm³/mol. The molecule has 1 aromatic heterocycles. The molecule has 0 fully saturated rings. The Balaban J connectivity index is 3.54. The second-order valence-corrected chi connectivity index (χ2v) is 3.85. The molecule has 0 unspecified atom stereocenters. The van der Waals surface area contributed by atoms with Crippen LogP contribution in [-0.2, 0) is 0 Å². The van der Waals surface area contributed by atoms with Crippen molar-refractivity contribution < 1.29 is 0 Å². The standard InChI is InChI=1S/C9H11BrN4/c1-5-7(4-11)9(14(3)12)13-6(2)8(5)10/h12H2,1-3H3. The highest BCUT2D eigenvalue weighted by Crippen LogP contribution is 2.27. The number of hydrazine groups is 1. The fourth-order valence-electron chi connectivity index (χ4n) is 1.20. The molecule has 0 aliphatic rings. The number of halogens is 1. The number of pyridine rings is 1. The Morgan fingerprint density at radius 1 is 1.50 bits per heavy atom. The van der Waals surface area contributed by atoms with Gasteiger partial charge in [-0.3, -0.25) is 5.01 Å². The number of nitrogens with zero attached hydrogens (tertiary/aromatic N) is 3. The second-order valence-electron chi connectivity index (χ2n) is 3.06. The van der Waals surface area contributed by atoms with Crippen molar-refractivity contribution in [1.29, 1.82) is 5.26 Å². The molecule has 14 heavy (non-hydrogen) atoms. The lowest BCUT2D eigenvalue weighted by Gasteiger charge is -2.16. The van der Waals surface area contributed by atoms with Gasteiger partial charge in [0.1, 0.15) is 6.07 Å². The molecule has 2 N–H and O–H groups in total. The molecule has 0 bridgehead atoms. The first-order chi connectivity index (χ1) is 6.49. The first kappa shape index (κ1) is 11.0. The van der Waals surface area contributed by atoms with Crippen LogP contribution in [0.1, 0.15) is 16.8 Å². The SMILES string of the molecule is Cc1nc(N(C)N)c(C#N)c(C)c1Br. The van der Waals surface area contributed by atoms with Crippen molar-refractivity contribution in [2.45, 2.75) is 13.8 Å². The van der Waals surface area contributed by atoms with Crippen LogP contribution in [0.5, 0.6) is 0 Å². The van der Waals surface area contributed by atoms with E-state index in [1.54, 1.807) is 7.05 Å². The summed E-state index contributed by atoms with van der Waals surface area (Å²) < 4.78 is 0.861. The molecule has 1 aromatic rings. The van der Waals surface area contributed by atoms with Gasteiger partial charge in [-0.05, 0) is 35.3 Å². The van der Waals surface area contributed by atoms with Gasteiger partial charge in [0, 0.05) is 11.5 Å². The maximum Gasteiger partial charge on any atom is 0.160 e. The number of rotatable bonds is 1. The average molecular weight is 255 g/mol. The fourth-order valence-corrected chi connectivity index (χ4v) is 1.49. The van der Waals surface area contributed by atoms with Crippen LogP contribution < -0.4 is 10.9 Å². The summed E-state index contributed by atoms with van der Waals surface area (Å²) in [7, 11) is 1.66. The Labute approximate surface area is 91.4 Å². The second kappa shape index (κ2) is 3.95. The van der Waals surface area contributed by atoms with E-state index in [1.807, 2.05) is 13.8 Å². The van der Waals surface area contributed by atoms with Crippen molar-refractivity contribution in [3.8, 4) is 6.07 Å². The number of anilines is 1. The van der Waals surface area contributed by atoms with E-state index in [0.717, 1.165) is 15.7 Å². The molecule has 0 saturated carbocycles. The summed E-state index contributed by atoms with van der Waals surface area (Å²) in [4.78, 5) is 4.24. The van der Waals surface area contributed by atoms with Crippen molar-refractivity contribution >= 4 is 21.7 Å². The largest absolute Gasteiger partial charge is 0.297 e. The van der Waals surface area contributed by atoms with E-state index in [1.165, 1.54) is 5.01 Å². The van der Waals surface area contributed by atoms with Crippen LogP contribution in [0.3, 0.4) is 0 Å². The zero-order valence-corrected chi connectivity index (χ0v) is 9.88. The van der Waals surface area contributed by atoms with Gasteiger partial charge in [-0.25, -0.2) is 10.8 Å². The van der Waals surface area contributed by atoms with Crippen LogP contribution in [0, 0.1) is 25.2 Å². The Bertz CT molecular complexity index is 406. The molecule has 0 saturated heterocycles. The highest BCUT2D eigenvalue weighted by molar-refractivity contribution is 9.10. The molecule has 5 heteroatoms. The Morgan fingerprint density at radius 2 is 2.07 bits per heavy atom. The molecule has 0 aliphatic carbocycles. The van der Waals surface area contributed by atoms with Crippen LogP contribution in [0.4, 0.5) is 5.82 Å².